The fourth-order valence-corrected chi connectivity index (χ4v) is 15.2. The first-order chi connectivity index (χ1) is 38.9. The zero-order valence-electron chi connectivity index (χ0n) is 45.9. The van der Waals surface area contributed by atoms with E-state index in [1.807, 2.05) is 0 Å². The van der Waals surface area contributed by atoms with Gasteiger partial charge in [0.1, 0.15) is 22.3 Å². The van der Waals surface area contributed by atoms with Gasteiger partial charge in [0.2, 0.25) is 0 Å². The first-order valence-corrected chi connectivity index (χ1v) is 28.2. The summed E-state index contributed by atoms with van der Waals surface area (Å²) in [4.78, 5) is 2.52. The number of aromatic nitrogens is 1. The first kappa shape index (κ1) is 45.6. The number of benzene rings is 11. The van der Waals surface area contributed by atoms with Crippen LogP contribution in [0.15, 0.2) is 221 Å². The molecule has 3 aromatic heterocycles. The minimum atomic E-state index is -0.387. The molecule has 4 nitrogen and oxygen atoms in total. The Balaban J connectivity index is 0.917. The van der Waals surface area contributed by atoms with E-state index in [0.29, 0.717) is 0 Å². The number of para-hydroxylation sites is 4. The van der Waals surface area contributed by atoms with Crippen LogP contribution < -0.4 is 4.90 Å². The Labute approximate surface area is 464 Å². The summed E-state index contributed by atoms with van der Waals surface area (Å²) in [5.74, 6) is 0. The van der Waals surface area contributed by atoms with Gasteiger partial charge in [0, 0.05) is 82.4 Å². The highest BCUT2D eigenvalue weighted by molar-refractivity contribution is 6.22. The highest BCUT2D eigenvalue weighted by Crippen LogP contribution is 2.64. The molecular formula is C76H56N2O2. The molecule has 0 bridgehead atoms. The number of fused-ring (bicyclic) bond motifs is 22. The fourth-order valence-electron chi connectivity index (χ4n) is 15.2. The van der Waals surface area contributed by atoms with Gasteiger partial charge in [-0.05, 0) is 146 Å². The van der Waals surface area contributed by atoms with Crippen LogP contribution in [0.4, 0.5) is 17.1 Å². The lowest BCUT2D eigenvalue weighted by molar-refractivity contribution is 0.600. The molecule has 3 aliphatic rings. The second-order valence-electron chi connectivity index (χ2n) is 24.4. The molecule has 0 fully saturated rings. The van der Waals surface area contributed by atoms with Gasteiger partial charge in [-0.15, -0.1) is 0 Å². The number of nitrogens with zero attached hydrogens (tertiary/aromatic N) is 2. The molecule has 0 N–H and O–H groups in total. The van der Waals surface area contributed by atoms with E-state index in [1.54, 1.807) is 0 Å². The number of hydrogen-bond donors (Lipinski definition) is 0. The van der Waals surface area contributed by atoms with E-state index < -0.39 is 0 Å². The molecule has 17 rings (SSSR count). The molecule has 0 radical (unpaired) electrons. The second kappa shape index (κ2) is 15.7. The predicted octanol–water partition coefficient (Wildman–Crippen LogP) is 20.9. The van der Waals surface area contributed by atoms with Crippen molar-refractivity contribution in [3.63, 3.8) is 0 Å². The van der Waals surface area contributed by atoms with Gasteiger partial charge in [0.15, 0.2) is 0 Å². The third-order valence-corrected chi connectivity index (χ3v) is 19.0. The molecule has 80 heavy (non-hydrogen) atoms. The molecule has 3 heterocycles. The van der Waals surface area contributed by atoms with Gasteiger partial charge in [-0.2, -0.15) is 0 Å². The lowest BCUT2D eigenvalue weighted by atomic mass is 9.72. The van der Waals surface area contributed by atoms with Crippen molar-refractivity contribution in [1.29, 1.82) is 0 Å². The molecule has 0 saturated heterocycles. The maximum atomic E-state index is 7.14. The molecule has 0 saturated carbocycles. The van der Waals surface area contributed by atoms with Crippen LogP contribution in [0, 0.1) is 6.92 Å². The third-order valence-electron chi connectivity index (χ3n) is 19.0. The predicted molar refractivity (Wildman–Crippen MR) is 333 cm³/mol. The fraction of sp³-hybridized carbons (Fsp3) is 0.132. The van der Waals surface area contributed by atoms with Crippen LogP contribution in [0.25, 0.3) is 116 Å². The van der Waals surface area contributed by atoms with Crippen molar-refractivity contribution in [2.24, 2.45) is 0 Å². The van der Waals surface area contributed by atoms with Crippen molar-refractivity contribution in [1.82, 2.24) is 4.57 Å². The normalized spacial score (nSPS) is 15.0. The van der Waals surface area contributed by atoms with Crippen molar-refractivity contribution < 1.29 is 8.83 Å². The molecule has 11 aromatic carbocycles. The molecule has 0 spiro atoms. The van der Waals surface area contributed by atoms with E-state index >= 15 is 0 Å². The van der Waals surface area contributed by atoms with E-state index in [9.17, 15) is 0 Å². The topological polar surface area (TPSA) is 34.5 Å². The van der Waals surface area contributed by atoms with Crippen LogP contribution >= 0.6 is 0 Å². The summed E-state index contributed by atoms with van der Waals surface area (Å²) in [5.41, 5.74) is 28.7. The van der Waals surface area contributed by atoms with Crippen molar-refractivity contribution in [2.45, 2.75) is 64.7 Å². The van der Waals surface area contributed by atoms with Gasteiger partial charge >= 0.3 is 0 Å². The van der Waals surface area contributed by atoms with Gasteiger partial charge in [0.05, 0.1) is 11.0 Å². The standard InChI is InChI=1S/C76H56N2O2/c1-43-29-31-44(32-30-43)56-42-60-65(67-54-23-13-17-27-63(54)79-72(56)67)52-37-34-46(39-58(52)74(60,2)3)77(48-33-36-50-49-21-12-16-26-61(49)78(62(50)41-48)45-19-9-8-10-20-45)47-35-38-53-59(40-47)76(6,7)71-69(53)73-68(55-24-14-18-28-64(55)80-73)66-51-22-11-15-25-57(51)75(4,5)70(66)71/h8-42H,1-7H3. The van der Waals surface area contributed by atoms with Gasteiger partial charge in [-0.1, -0.05) is 187 Å². The Morgan fingerprint density at radius 2 is 0.887 bits per heavy atom. The van der Waals surface area contributed by atoms with Crippen LogP contribution in [0.3, 0.4) is 0 Å². The summed E-state index contributed by atoms with van der Waals surface area (Å²) < 4.78 is 16.5. The monoisotopic (exact) mass is 1030 g/mol. The van der Waals surface area contributed by atoms with Gasteiger partial charge < -0.3 is 18.3 Å². The number of hydrogen-bond acceptors (Lipinski definition) is 3. The van der Waals surface area contributed by atoms with Crippen molar-refractivity contribution in [2.75, 3.05) is 4.90 Å². The lowest BCUT2D eigenvalue weighted by Gasteiger charge is -2.32. The lowest BCUT2D eigenvalue weighted by Crippen LogP contribution is -2.24. The Morgan fingerprint density at radius 1 is 0.362 bits per heavy atom. The maximum absolute atomic E-state index is 7.14. The Hall–Kier alpha value is -9.38. The second-order valence-corrected chi connectivity index (χ2v) is 24.4. The first-order valence-electron chi connectivity index (χ1n) is 28.2. The quantitative estimate of drug-likeness (QED) is 0.172. The molecule has 3 aliphatic carbocycles. The summed E-state index contributed by atoms with van der Waals surface area (Å²) in [5, 5.41) is 7.16. The van der Waals surface area contributed by atoms with Gasteiger partial charge in [-0.3, -0.25) is 0 Å². The van der Waals surface area contributed by atoms with Crippen LogP contribution in [-0.2, 0) is 16.2 Å². The number of anilines is 3. The van der Waals surface area contributed by atoms with E-state index in [0.717, 1.165) is 67.1 Å². The molecular weight excluding hydrogens is 973 g/mol. The molecule has 382 valence electrons. The van der Waals surface area contributed by atoms with Crippen LogP contribution in [0.2, 0.25) is 0 Å². The smallest absolute Gasteiger partial charge is 0.144 e. The molecule has 0 unspecified atom stereocenters. The van der Waals surface area contributed by atoms with Crippen LogP contribution in [0.1, 0.15) is 80.5 Å². The van der Waals surface area contributed by atoms with Crippen LogP contribution in [0.5, 0.6) is 0 Å². The van der Waals surface area contributed by atoms with Crippen LogP contribution in [-0.4, -0.2) is 4.57 Å². The highest BCUT2D eigenvalue weighted by atomic mass is 16.3. The largest absolute Gasteiger partial charge is 0.455 e. The number of aryl methyl sites for hydroxylation is 1. The summed E-state index contributed by atoms with van der Waals surface area (Å²) in [6.45, 7) is 16.7. The van der Waals surface area contributed by atoms with Crippen molar-refractivity contribution in [3.8, 4) is 50.2 Å². The Kier molecular flexibility index (Phi) is 8.94. The molecule has 0 amide bonds. The zero-order chi connectivity index (χ0) is 53.7. The third kappa shape index (κ3) is 5.85. The summed E-state index contributed by atoms with van der Waals surface area (Å²) in [6, 6.07) is 78.8. The Morgan fingerprint density at radius 3 is 1.61 bits per heavy atom. The maximum Gasteiger partial charge on any atom is 0.144 e. The summed E-state index contributed by atoms with van der Waals surface area (Å²) in [6.07, 6.45) is 0. The molecule has 14 aromatic rings. The minimum Gasteiger partial charge on any atom is -0.455 e. The van der Waals surface area contributed by atoms with Gasteiger partial charge in [0.25, 0.3) is 0 Å². The molecule has 4 heteroatoms. The number of rotatable bonds is 5. The Bertz CT molecular complexity index is 5040. The zero-order valence-corrected chi connectivity index (χ0v) is 45.9. The van der Waals surface area contributed by atoms with E-state index in [4.69, 9.17) is 8.83 Å². The average molecular weight is 1030 g/mol. The van der Waals surface area contributed by atoms with E-state index in [2.05, 4.69) is 270 Å². The van der Waals surface area contributed by atoms with E-state index in [-0.39, 0.29) is 16.2 Å². The summed E-state index contributed by atoms with van der Waals surface area (Å²) in [7, 11) is 0. The average Bonchev–Trinajstić information content (AvgIpc) is 4.48. The highest BCUT2D eigenvalue weighted by Gasteiger charge is 2.49. The van der Waals surface area contributed by atoms with Crippen molar-refractivity contribution >= 4 is 82.7 Å². The van der Waals surface area contributed by atoms with E-state index in [1.165, 1.54) is 105 Å². The molecule has 0 aliphatic heterocycles. The van der Waals surface area contributed by atoms with Crippen molar-refractivity contribution in [3.05, 3.63) is 251 Å². The summed E-state index contributed by atoms with van der Waals surface area (Å²) >= 11 is 0. The van der Waals surface area contributed by atoms with Gasteiger partial charge in [-0.25, -0.2) is 0 Å². The molecule has 0 atom stereocenters. The minimum absolute atomic E-state index is 0.243. The SMILES string of the molecule is Cc1ccc(-c2cc3c(c4c2oc2ccccc24)-c2ccc(N(c4ccc5c(c4)C(C)(C)c4c6c(c7c(oc8ccccc87)c4-5)-c4ccccc4C6(C)C)c4ccc5c6ccccc6n(-c6ccccc6)c5c4)cc2C3(C)C)cc1. The number of furan rings is 2.